The number of carbonyl (C=O) groups is 3. The van der Waals surface area contributed by atoms with Gasteiger partial charge in [0, 0.05) is 24.5 Å². The maximum atomic E-state index is 15.1. The number of hydrogen-bond acceptors (Lipinski definition) is 6. The Kier molecular flexibility index (Phi) is 10.2. The van der Waals surface area contributed by atoms with Gasteiger partial charge < -0.3 is 29.3 Å². The van der Waals surface area contributed by atoms with Crippen LogP contribution < -0.4 is 14.5 Å². The van der Waals surface area contributed by atoms with E-state index in [1.807, 2.05) is 84.0 Å². The zero-order valence-electron chi connectivity index (χ0n) is 29.3. The molecule has 9 heteroatoms. The second kappa shape index (κ2) is 13.9. The van der Waals surface area contributed by atoms with Gasteiger partial charge in [-0.05, 0) is 87.4 Å². The molecule has 2 aromatic rings. The Morgan fingerprint density at radius 2 is 1.71 bits per heavy atom. The molecule has 6 atom stereocenters. The number of benzene rings is 2. The molecule has 0 radical (unpaired) electrons. The Balaban J connectivity index is 1.65. The summed E-state index contributed by atoms with van der Waals surface area (Å²) in [6.07, 6.45) is 4.83. The van der Waals surface area contributed by atoms with E-state index >= 15 is 4.79 Å². The van der Waals surface area contributed by atoms with Crippen molar-refractivity contribution in [1.82, 2.24) is 4.90 Å². The molecule has 3 saturated heterocycles. The molecule has 3 aliphatic heterocycles. The van der Waals surface area contributed by atoms with Gasteiger partial charge in [-0.1, -0.05) is 45.1 Å². The van der Waals surface area contributed by atoms with Crippen LogP contribution in [0, 0.1) is 31.6 Å². The number of anilines is 2. The number of amides is 3. The van der Waals surface area contributed by atoms with Crippen molar-refractivity contribution in [3.8, 4) is 5.75 Å². The van der Waals surface area contributed by atoms with Crippen molar-refractivity contribution in [3.05, 3.63) is 78.9 Å². The number of rotatable bonds is 14. The van der Waals surface area contributed by atoms with Crippen LogP contribution in [0.4, 0.5) is 11.4 Å². The smallest absolute Gasteiger partial charge is 0.253 e. The van der Waals surface area contributed by atoms with E-state index in [4.69, 9.17) is 9.47 Å². The molecular formula is C39H51N3O6. The lowest BCUT2D eigenvalue weighted by Gasteiger charge is -2.41. The number of ether oxygens (including phenoxy) is 2. The Labute approximate surface area is 285 Å². The minimum absolute atomic E-state index is 0.161. The van der Waals surface area contributed by atoms with E-state index < -0.39 is 35.1 Å². The summed E-state index contributed by atoms with van der Waals surface area (Å²) in [5, 5.41) is 10.7. The van der Waals surface area contributed by atoms with Gasteiger partial charge in [-0.25, -0.2) is 0 Å². The summed E-state index contributed by atoms with van der Waals surface area (Å²) in [5.41, 5.74) is 1.12. The minimum atomic E-state index is -1.25. The topological polar surface area (TPSA) is 99.6 Å². The molecular weight excluding hydrogens is 606 g/mol. The number of nitrogens with zero attached hydrogens (tertiary/aromatic N) is 3. The zero-order valence-corrected chi connectivity index (χ0v) is 29.3. The molecule has 48 heavy (non-hydrogen) atoms. The van der Waals surface area contributed by atoms with E-state index in [9.17, 15) is 14.7 Å². The van der Waals surface area contributed by atoms with Crippen molar-refractivity contribution < 1.29 is 29.0 Å². The second-order valence-corrected chi connectivity index (χ2v) is 13.8. The molecule has 5 rings (SSSR count). The van der Waals surface area contributed by atoms with Gasteiger partial charge in [0.05, 0.1) is 36.7 Å². The molecule has 0 aliphatic carbocycles. The van der Waals surface area contributed by atoms with Crippen LogP contribution in [0.25, 0.3) is 0 Å². The average molecular weight is 658 g/mol. The summed E-state index contributed by atoms with van der Waals surface area (Å²) in [6, 6.07) is 11.6. The normalized spacial score (nSPS) is 26.4. The Bertz CT molecular complexity index is 1560. The summed E-state index contributed by atoms with van der Waals surface area (Å²) in [4.78, 5) is 49.9. The number of likely N-dealkylation sites (tertiary alicyclic amines) is 1. The van der Waals surface area contributed by atoms with Gasteiger partial charge in [0.25, 0.3) is 5.91 Å². The SMILES string of the molecule is C=CCN(C(=O)[C@H]1[C@H]2C(=O)N([C@@H](CO)C(C)C)C(C(=O)N(CC=C)c3cc(C)ccc3C)C23CC[C@]1(CC)O3)c1ccc(OCC)cc1. The first kappa shape index (κ1) is 35.4. The summed E-state index contributed by atoms with van der Waals surface area (Å²) >= 11 is 0. The van der Waals surface area contributed by atoms with Crippen LogP contribution in [0.2, 0.25) is 0 Å². The number of aliphatic hydroxyl groups excluding tert-OH is 1. The van der Waals surface area contributed by atoms with Gasteiger partial charge in [-0.3, -0.25) is 14.4 Å². The molecule has 2 aromatic carbocycles. The third-order valence-corrected chi connectivity index (χ3v) is 10.7. The monoisotopic (exact) mass is 657 g/mol. The number of carbonyl (C=O) groups excluding carboxylic acids is 3. The zero-order chi connectivity index (χ0) is 35.0. The lowest BCUT2D eigenvalue weighted by atomic mass is 9.64. The highest BCUT2D eigenvalue weighted by Crippen LogP contribution is 2.65. The molecule has 3 amide bonds. The fourth-order valence-corrected chi connectivity index (χ4v) is 8.39. The third-order valence-electron chi connectivity index (χ3n) is 10.7. The quantitative estimate of drug-likeness (QED) is 0.265. The highest BCUT2D eigenvalue weighted by molar-refractivity contribution is 6.07. The molecule has 1 spiro atoms. The fourth-order valence-electron chi connectivity index (χ4n) is 8.39. The Morgan fingerprint density at radius 3 is 2.29 bits per heavy atom. The Morgan fingerprint density at radius 1 is 1.04 bits per heavy atom. The second-order valence-electron chi connectivity index (χ2n) is 13.8. The third kappa shape index (κ3) is 5.64. The van der Waals surface area contributed by atoms with Crippen molar-refractivity contribution in [3.63, 3.8) is 0 Å². The van der Waals surface area contributed by atoms with Gasteiger partial charge in [-0.15, -0.1) is 13.2 Å². The van der Waals surface area contributed by atoms with Crippen LogP contribution in [0.15, 0.2) is 67.8 Å². The van der Waals surface area contributed by atoms with Crippen molar-refractivity contribution in [2.24, 2.45) is 17.8 Å². The van der Waals surface area contributed by atoms with Crippen molar-refractivity contribution >= 4 is 29.1 Å². The fraction of sp³-hybridized carbons (Fsp3) is 0.513. The molecule has 258 valence electrons. The highest BCUT2D eigenvalue weighted by atomic mass is 16.5. The number of aliphatic hydroxyl groups is 1. The summed E-state index contributed by atoms with van der Waals surface area (Å²) in [6.45, 7) is 20.2. The van der Waals surface area contributed by atoms with Crippen LogP contribution in [0.1, 0.15) is 58.1 Å². The number of hydrogen-bond donors (Lipinski definition) is 1. The summed E-state index contributed by atoms with van der Waals surface area (Å²) in [5.74, 6) is -2.07. The van der Waals surface area contributed by atoms with Crippen LogP contribution in [-0.4, -0.2) is 77.3 Å². The molecule has 3 heterocycles. The van der Waals surface area contributed by atoms with Crippen molar-refractivity contribution in [2.75, 3.05) is 36.1 Å². The predicted octanol–water partition coefficient (Wildman–Crippen LogP) is 5.61. The predicted molar refractivity (Wildman–Crippen MR) is 188 cm³/mol. The standard InChI is InChI=1S/C39H51N3O6/c1-9-21-40(28-15-17-29(18-16-28)47-12-4)35(44)32-33-36(45)42(31(24-43)25(5)6)34(39(33)20-19-38(32,11-3)48-39)37(46)41(22-10-2)30-23-26(7)13-14-27(30)8/h9-10,13-18,23,25,31-34,43H,1-2,11-12,19-22,24H2,3-8H3/t31-,32+,33-,34?,38-,39?/m0/s1. The summed E-state index contributed by atoms with van der Waals surface area (Å²) < 4.78 is 12.7. The molecule has 3 fully saturated rings. The van der Waals surface area contributed by atoms with Gasteiger partial charge in [0.2, 0.25) is 11.8 Å². The van der Waals surface area contributed by atoms with Crippen LogP contribution in [0.5, 0.6) is 5.75 Å². The van der Waals surface area contributed by atoms with E-state index in [-0.39, 0.29) is 43.3 Å². The van der Waals surface area contributed by atoms with Gasteiger partial charge >= 0.3 is 0 Å². The van der Waals surface area contributed by atoms with E-state index in [0.717, 1.165) is 16.8 Å². The van der Waals surface area contributed by atoms with Gasteiger partial charge in [0.1, 0.15) is 17.4 Å². The molecule has 0 aromatic heterocycles. The van der Waals surface area contributed by atoms with E-state index in [2.05, 4.69) is 13.2 Å². The van der Waals surface area contributed by atoms with Crippen LogP contribution >= 0.6 is 0 Å². The minimum Gasteiger partial charge on any atom is -0.494 e. The first-order valence-electron chi connectivity index (χ1n) is 17.2. The van der Waals surface area contributed by atoms with E-state index in [1.165, 1.54) is 0 Å². The molecule has 2 bridgehead atoms. The van der Waals surface area contributed by atoms with Crippen molar-refractivity contribution in [1.29, 1.82) is 0 Å². The first-order valence-corrected chi connectivity index (χ1v) is 17.2. The van der Waals surface area contributed by atoms with Crippen LogP contribution in [-0.2, 0) is 19.1 Å². The lowest BCUT2D eigenvalue weighted by molar-refractivity contribution is -0.150. The largest absolute Gasteiger partial charge is 0.494 e. The molecule has 3 aliphatic rings. The molecule has 0 saturated carbocycles. The lowest BCUT2D eigenvalue weighted by Crippen LogP contribution is -2.60. The molecule has 1 N–H and O–H groups in total. The summed E-state index contributed by atoms with van der Waals surface area (Å²) in [7, 11) is 0. The number of aryl methyl sites for hydroxylation is 2. The van der Waals surface area contributed by atoms with E-state index in [1.54, 1.807) is 26.9 Å². The number of fused-ring (bicyclic) bond motifs is 1. The van der Waals surface area contributed by atoms with Crippen LogP contribution in [0.3, 0.4) is 0 Å². The molecule has 2 unspecified atom stereocenters. The van der Waals surface area contributed by atoms with E-state index in [0.29, 0.717) is 37.3 Å². The molecule has 9 nitrogen and oxygen atoms in total. The Hall–Kier alpha value is -3.95. The average Bonchev–Trinajstić information content (AvgIpc) is 3.68. The van der Waals surface area contributed by atoms with Crippen molar-refractivity contribution in [2.45, 2.75) is 84.1 Å². The van der Waals surface area contributed by atoms with Gasteiger partial charge in [-0.2, -0.15) is 0 Å². The maximum absolute atomic E-state index is 15.1. The maximum Gasteiger partial charge on any atom is 0.253 e. The van der Waals surface area contributed by atoms with Gasteiger partial charge in [0.15, 0.2) is 0 Å². The first-order chi connectivity index (χ1) is 22.9. The highest BCUT2D eigenvalue weighted by Gasteiger charge is 2.79.